The van der Waals surface area contributed by atoms with Gasteiger partial charge in [0.25, 0.3) is 11.5 Å². The first kappa shape index (κ1) is 17.6. The van der Waals surface area contributed by atoms with Crippen LogP contribution in [0.1, 0.15) is 41.2 Å². The average molecular weight is 351 g/mol. The van der Waals surface area contributed by atoms with Crippen LogP contribution >= 0.6 is 0 Å². The summed E-state index contributed by atoms with van der Waals surface area (Å²) in [5, 5.41) is 7.18. The van der Waals surface area contributed by atoms with Gasteiger partial charge in [-0.05, 0) is 37.5 Å². The number of hydrogen-bond acceptors (Lipinski definition) is 4. The zero-order valence-corrected chi connectivity index (χ0v) is 15.0. The van der Waals surface area contributed by atoms with Gasteiger partial charge in [-0.3, -0.25) is 14.6 Å². The van der Waals surface area contributed by atoms with Gasteiger partial charge in [-0.1, -0.05) is 26.0 Å². The Morgan fingerprint density at radius 1 is 1.15 bits per heavy atom. The fourth-order valence-electron chi connectivity index (χ4n) is 2.61. The molecule has 3 aromatic rings. The highest BCUT2D eigenvalue weighted by Crippen LogP contribution is 2.16. The number of carbonyl (C=O) groups is 1. The molecule has 0 aliphatic rings. The van der Waals surface area contributed by atoms with Crippen molar-refractivity contribution in [2.24, 2.45) is 0 Å². The van der Waals surface area contributed by atoms with E-state index in [4.69, 9.17) is 0 Å². The van der Waals surface area contributed by atoms with Crippen LogP contribution in [0.3, 0.4) is 0 Å². The highest BCUT2D eigenvalue weighted by Gasteiger charge is 2.14. The average Bonchev–Trinajstić information content (AvgIpc) is 3.01. The molecule has 0 spiro atoms. The van der Waals surface area contributed by atoms with Gasteiger partial charge in [-0.25, -0.2) is 4.98 Å². The molecule has 2 aromatic heterocycles. The number of amides is 1. The van der Waals surface area contributed by atoms with Crippen molar-refractivity contribution in [1.29, 1.82) is 0 Å². The van der Waals surface area contributed by atoms with Crippen LogP contribution in [0.15, 0.2) is 41.2 Å². The van der Waals surface area contributed by atoms with Gasteiger partial charge in [0.15, 0.2) is 0 Å². The number of H-pyrrole nitrogens is 1. The van der Waals surface area contributed by atoms with E-state index in [1.807, 2.05) is 26.0 Å². The monoisotopic (exact) mass is 351 g/mol. The maximum absolute atomic E-state index is 12.6. The zero-order chi connectivity index (χ0) is 18.7. The topological polar surface area (TPSA) is 92.7 Å². The van der Waals surface area contributed by atoms with E-state index < -0.39 is 0 Å². The second-order valence-electron chi connectivity index (χ2n) is 6.00. The highest BCUT2D eigenvalue weighted by molar-refractivity contribution is 6.03. The molecular weight excluding hydrogens is 330 g/mol. The first-order valence-corrected chi connectivity index (χ1v) is 8.57. The zero-order valence-electron chi connectivity index (χ0n) is 15.0. The Balaban J connectivity index is 1.93. The van der Waals surface area contributed by atoms with E-state index in [0.717, 1.165) is 6.42 Å². The molecule has 0 saturated heterocycles. The van der Waals surface area contributed by atoms with E-state index in [-0.39, 0.29) is 17.4 Å². The van der Waals surface area contributed by atoms with Gasteiger partial charge in [0, 0.05) is 23.4 Å². The van der Waals surface area contributed by atoms with E-state index in [2.05, 4.69) is 27.3 Å². The van der Waals surface area contributed by atoms with E-state index in [1.54, 1.807) is 18.2 Å². The SMILES string of the molecule is CCc1ccc(C(=O)Nc2cc(C)nn2-c2nc(CC)cc(=O)[nH]2)cc1. The minimum Gasteiger partial charge on any atom is -0.306 e. The van der Waals surface area contributed by atoms with Crippen LogP contribution in [0, 0.1) is 6.92 Å². The smallest absolute Gasteiger partial charge is 0.256 e. The van der Waals surface area contributed by atoms with Crippen LogP contribution in [0.25, 0.3) is 5.95 Å². The van der Waals surface area contributed by atoms with Crippen molar-refractivity contribution in [2.75, 3.05) is 5.32 Å². The van der Waals surface area contributed by atoms with Crippen LogP contribution < -0.4 is 10.9 Å². The summed E-state index contributed by atoms with van der Waals surface area (Å²) < 4.78 is 1.44. The van der Waals surface area contributed by atoms with Gasteiger partial charge >= 0.3 is 0 Å². The molecule has 0 fully saturated rings. The van der Waals surface area contributed by atoms with Crippen molar-refractivity contribution in [2.45, 2.75) is 33.6 Å². The Labute approximate surface area is 151 Å². The van der Waals surface area contributed by atoms with Gasteiger partial charge in [-0.15, -0.1) is 0 Å². The summed E-state index contributed by atoms with van der Waals surface area (Å²) in [5.41, 5.74) is 2.82. The number of rotatable bonds is 5. The third-order valence-corrected chi connectivity index (χ3v) is 4.04. The van der Waals surface area contributed by atoms with Crippen molar-refractivity contribution < 1.29 is 4.79 Å². The van der Waals surface area contributed by atoms with E-state index in [1.165, 1.54) is 16.3 Å². The van der Waals surface area contributed by atoms with Gasteiger partial charge in [0.1, 0.15) is 5.82 Å². The molecule has 0 atom stereocenters. The molecular formula is C19H21N5O2. The standard InChI is InChI=1S/C19H21N5O2/c1-4-13-6-8-14(9-7-13)18(26)21-16-10-12(3)23-24(16)19-20-15(5-2)11-17(25)22-19/h6-11H,4-5H2,1-3H3,(H,21,26)(H,20,22,25). The molecule has 0 saturated carbocycles. The number of carbonyl (C=O) groups excluding carboxylic acids is 1. The predicted molar refractivity (Wildman–Crippen MR) is 99.9 cm³/mol. The first-order chi connectivity index (χ1) is 12.5. The lowest BCUT2D eigenvalue weighted by Gasteiger charge is -2.09. The van der Waals surface area contributed by atoms with Crippen LogP contribution in [0.2, 0.25) is 0 Å². The lowest BCUT2D eigenvalue weighted by Crippen LogP contribution is -2.19. The summed E-state index contributed by atoms with van der Waals surface area (Å²) in [5.74, 6) is 0.477. The summed E-state index contributed by atoms with van der Waals surface area (Å²) in [6.07, 6.45) is 1.54. The van der Waals surface area contributed by atoms with Crippen LogP contribution in [-0.2, 0) is 12.8 Å². The Kier molecular flexibility index (Phi) is 4.97. The lowest BCUT2D eigenvalue weighted by atomic mass is 10.1. The molecule has 1 amide bonds. The first-order valence-electron chi connectivity index (χ1n) is 8.57. The van der Waals surface area contributed by atoms with Crippen molar-refractivity contribution in [3.05, 3.63) is 69.3 Å². The molecule has 134 valence electrons. The number of anilines is 1. The quantitative estimate of drug-likeness (QED) is 0.739. The lowest BCUT2D eigenvalue weighted by molar-refractivity contribution is 0.102. The second kappa shape index (κ2) is 7.35. The number of benzene rings is 1. The Hall–Kier alpha value is -3.22. The summed E-state index contributed by atoms with van der Waals surface area (Å²) in [6.45, 7) is 5.79. The van der Waals surface area contributed by atoms with Gasteiger partial charge in [0.2, 0.25) is 5.95 Å². The normalized spacial score (nSPS) is 10.7. The molecule has 0 aliphatic carbocycles. The molecule has 26 heavy (non-hydrogen) atoms. The maximum atomic E-state index is 12.6. The largest absolute Gasteiger partial charge is 0.306 e. The van der Waals surface area contributed by atoms with Crippen molar-refractivity contribution >= 4 is 11.7 Å². The van der Waals surface area contributed by atoms with Gasteiger partial charge < -0.3 is 5.32 Å². The molecule has 0 bridgehead atoms. The third-order valence-electron chi connectivity index (χ3n) is 4.04. The molecule has 1 aromatic carbocycles. The molecule has 2 N–H and O–H groups in total. The Bertz CT molecular complexity index is 986. The van der Waals surface area contributed by atoms with Gasteiger partial charge in [-0.2, -0.15) is 9.78 Å². The molecule has 0 aliphatic heterocycles. The molecule has 3 rings (SSSR count). The van der Waals surface area contributed by atoms with Crippen LogP contribution in [-0.4, -0.2) is 25.7 Å². The number of nitrogens with one attached hydrogen (secondary N) is 2. The third kappa shape index (κ3) is 3.72. The number of aromatic amines is 1. The summed E-state index contributed by atoms with van der Waals surface area (Å²) >= 11 is 0. The molecule has 7 heteroatoms. The summed E-state index contributed by atoms with van der Waals surface area (Å²) in [6, 6.07) is 10.6. The van der Waals surface area contributed by atoms with Crippen molar-refractivity contribution in [1.82, 2.24) is 19.7 Å². The minimum atomic E-state index is -0.257. The highest BCUT2D eigenvalue weighted by atomic mass is 16.1. The Morgan fingerprint density at radius 3 is 2.54 bits per heavy atom. The number of hydrogen-bond donors (Lipinski definition) is 2. The number of aryl methyl sites for hydroxylation is 3. The number of nitrogens with zero attached hydrogens (tertiary/aromatic N) is 3. The van der Waals surface area contributed by atoms with E-state index in [0.29, 0.717) is 29.2 Å². The fraction of sp³-hybridized carbons (Fsp3) is 0.263. The summed E-state index contributed by atoms with van der Waals surface area (Å²) in [4.78, 5) is 31.4. The Morgan fingerprint density at radius 2 is 1.88 bits per heavy atom. The molecule has 0 radical (unpaired) electrons. The van der Waals surface area contributed by atoms with Crippen molar-refractivity contribution in [3.63, 3.8) is 0 Å². The van der Waals surface area contributed by atoms with E-state index in [9.17, 15) is 9.59 Å². The molecule has 2 heterocycles. The fourth-order valence-corrected chi connectivity index (χ4v) is 2.61. The van der Waals surface area contributed by atoms with Crippen molar-refractivity contribution in [3.8, 4) is 5.95 Å². The van der Waals surface area contributed by atoms with E-state index >= 15 is 0 Å². The predicted octanol–water partition coefficient (Wildman–Crippen LogP) is 2.64. The second-order valence-corrected chi connectivity index (χ2v) is 6.00. The van der Waals surface area contributed by atoms with Crippen LogP contribution in [0.5, 0.6) is 0 Å². The number of aromatic nitrogens is 4. The maximum Gasteiger partial charge on any atom is 0.256 e. The minimum absolute atomic E-state index is 0.247. The molecule has 7 nitrogen and oxygen atoms in total. The molecule has 0 unspecified atom stereocenters. The summed E-state index contributed by atoms with van der Waals surface area (Å²) in [7, 11) is 0. The van der Waals surface area contributed by atoms with Crippen LogP contribution in [0.4, 0.5) is 5.82 Å². The van der Waals surface area contributed by atoms with Gasteiger partial charge in [0.05, 0.1) is 5.69 Å².